The minimum Gasteiger partial charge on any atom is -0.419 e. The molecular weight excluding hydrogens is 259 g/mol. The van der Waals surface area contributed by atoms with Crippen molar-refractivity contribution < 1.29 is 8.81 Å². The van der Waals surface area contributed by atoms with Gasteiger partial charge in [-0.1, -0.05) is 6.07 Å². The van der Waals surface area contributed by atoms with Crippen LogP contribution in [0, 0.1) is 5.82 Å². The highest BCUT2D eigenvalue weighted by Gasteiger charge is 2.08. The van der Waals surface area contributed by atoms with Gasteiger partial charge in [0.15, 0.2) is 0 Å². The Morgan fingerprint density at radius 3 is 2.90 bits per heavy atom. The normalized spacial score (nSPS) is 11.2. The first-order valence-corrected chi connectivity index (χ1v) is 6.59. The van der Waals surface area contributed by atoms with Crippen molar-refractivity contribution in [1.29, 1.82) is 0 Å². The predicted octanol–water partition coefficient (Wildman–Crippen LogP) is 1.92. The highest BCUT2D eigenvalue weighted by Crippen LogP contribution is 2.18. The Hall–Kier alpha value is -1.79. The highest BCUT2D eigenvalue weighted by molar-refractivity contribution is 5.52. The van der Waals surface area contributed by atoms with Crippen molar-refractivity contribution in [2.24, 2.45) is 0 Å². The quantitative estimate of drug-likeness (QED) is 0.784. The molecule has 2 rings (SSSR count). The van der Waals surface area contributed by atoms with Gasteiger partial charge >= 0.3 is 0 Å². The monoisotopic (exact) mass is 278 g/mol. The lowest BCUT2D eigenvalue weighted by Gasteiger charge is -2.08. The van der Waals surface area contributed by atoms with Crippen LogP contribution in [-0.4, -0.2) is 42.3 Å². The van der Waals surface area contributed by atoms with Crippen LogP contribution in [0.25, 0.3) is 11.5 Å². The van der Waals surface area contributed by atoms with Crippen molar-refractivity contribution in [1.82, 2.24) is 20.4 Å². The molecular formula is C14H19FN4O. The first kappa shape index (κ1) is 14.6. The number of halogens is 1. The largest absolute Gasteiger partial charge is 0.419 e. The van der Waals surface area contributed by atoms with Crippen molar-refractivity contribution in [3.8, 4) is 11.5 Å². The SMILES string of the molecule is CN(C)CCCNCc1nnc(-c2cccc(F)c2)o1. The summed E-state index contributed by atoms with van der Waals surface area (Å²) in [6.07, 6.45) is 1.05. The zero-order chi connectivity index (χ0) is 14.4. The lowest BCUT2D eigenvalue weighted by Crippen LogP contribution is -2.21. The van der Waals surface area contributed by atoms with E-state index in [1.165, 1.54) is 12.1 Å². The van der Waals surface area contributed by atoms with Crippen LogP contribution in [0.15, 0.2) is 28.7 Å². The summed E-state index contributed by atoms with van der Waals surface area (Å²) in [5, 5.41) is 11.1. The van der Waals surface area contributed by atoms with Crippen LogP contribution >= 0.6 is 0 Å². The molecule has 0 fully saturated rings. The number of benzene rings is 1. The van der Waals surface area contributed by atoms with Gasteiger partial charge in [-0.05, 0) is 51.8 Å². The summed E-state index contributed by atoms with van der Waals surface area (Å²) in [5.74, 6) is 0.535. The summed E-state index contributed by atoms with van der Waals surface area (Å²) >= 11 is 0. The van der Waals surface area contributed by atoms with Crippen LogP contribution < -0.4 is 5.32 Å². The van der Waals surface area contributed by atoms with E-state index in [1.807, 2.05) is 14.1 Å². The van der Waals surface area contributed by atoms with E-state index in [0.29, 0.717) is 23.9 Å². The highest BCUT2D eigenvalue weighted by atomic mass is 19.1. The number of nitrogens with one attached hydrogen (secondary N) is 1. The maximum absolute atomic E-state index is 13.1. The average molecular weight is 278 g/mol. The van der Waals surface area contributed by atoms with Gasteiger partial charge in [-0.3, -0.25) is 0 Å². The second-order valence-electron chi connectivity index (χ2n) is 4.84. The molecule has 1 aromatic carbocycles. The van der Waals surface area contributed by atoms with Gasteiger partial charge < -0.3 is 14.6 Å². The molecule has 0 saturated heterocycles. The maximum atomic E-state index is 13.1. The molecule has 6 heteroatoms. The maximum Gasteiger partial charge on any atom is 0.247 e. The Morgan fingerprint density at radius 2 is 2.15 bits per heavy atom. The molecule has 108 valence electrons. The number of hydrogen-bond acceptors (Lipinski definition) is 5. The number of hydrogen-bond donors (Lipinski definition) is 1. The van der Waals surface area contributed by atoms with E-state index in [-0.39, 0.29) is 5.82 Å². The second kappa shape index (κ2) is 7.12. The van der Waals surface area contributed by atoms with Gasteiger partial charge in [0.1, 0.15) is 5.82 Å². The first-order valence-electron chi connectivity index (χ1n) is 6.59. The van der Waals surface area contributed by atoms with Gasteiger partial charge in [0.2, 0.25) is 11.8 Å². The van der Waals surface area contributed by atoms with E-state index >= 15 is 0 Å². The third-order valence-electron chi connectivity index (χ3n) is 2.77. The minimum absolute atomic E-state index is 0.316. The molecule has 0 spiro atoms. The molecule has 20 heavy (non-hydrogen) atoms. The van der Waals surface area contributed by atoms with Crippen LogP contribution in [-0.2, 0) is 6.54 Å². The summed E-state index contributed by atoms with van der Waals surface area (Å²) in [6.45, 7) is 2.44. The Balaban J connectivity index is 1.83. The Kier molecular flexibility index (Phi) is 5.20. The van der Waals surface area contributed by atoms with Crippen LogP contribution in [0.4, 0.5) is 4.39 Å². The van der Waals surface area contributed by atoms with Crippen molar-refractivity contribution in [2.75, 3.05) is 27.2 Å². The Labute approximate surface area is 117 Å². The Morgan fingerprint density at radius 1 is 1.30 bits per heavy atom. The molecule has 0 aliphatic rings. The van der Waals surface area contributed by atoms with E-state index in [9.17, 15) is 4.39 Å². The number of rotatable bonds is 7. The molecule has 1 N–H and O–H groups in total. The zero-order valence-electron chi connectivity index (χ0n) is 11.8. The van der Waals surface area contributed by atoms with E-state index in [0.717, 1.165) is 19.5 Å². The van der Waals surface area contributed by atoms with Crippen molar-refractivity contribution >= 4 is 0 Å². The third-order valence-corrected chi connectivity index (χ3v) is 2.77. The molecule has 0 unspecified atom stereocenters. The van der Waals surface area contributed by atoms with E-state index in [1.54, 1.807) is 12.1 Å². The summed E-state index contributed by atoms with van der Waals surface area (Å²) in [7, 11) is 4.09. The second-order valence-corrected chi connectivity index (χ2v) is 4.84. The lowest BCUT2D eigenvalue weighted by atomic mass is 10.2. The summed E-state index contributed by atoms with van der Waals surface area (Å²) in [6, 6.07) is 6.12. The molecule has 1 aromatic heterocycles. The van der Waals surface area contributed by atoms with E-state index in [4.69, 9.17) is 4.42 Å². The summed E-state index contributed by atoms with van der Waals surface area (Å²) in [5.41, 5.74) is 0.594. The van der Waals surface area contributed by atoms with Crippen LogP contribution in [0.2, 0.25) is 0 Å². The first-order chi connectivity index (χ1) is 9.65. The van der Waals surface area contributed by atoms with Gasteiger partial charge in [0.25, 0.3) is 0 Å². The lowest BCUT2D eigenvalue weighted by molar-refractivity contribution is 0.390. The molecule has 0 radical (unpaired) electrons. The predicted molar refractivity (Wildman–Crippen MR) is 74.6 cm³/mol. The standard InChI is InChI=1S/C14H19FN4O/c1-19(2)8-4-7-16-10-13-17-18-14(20-13)11-5-3-6-12(15)9-11/h3,5-6,9,16H,4,7-8,10H2,1-2H3. The van der Waals surface area contributed by atoms with Crippen molar-refractivity contribution in [3.63, 3.8) is 0 Å². The number of aromatic nitrogens is 2. The molecule has 0 aliphatic heterocycles. The zero-order valence-corrected chi connectivity index (χ0v) is 11.8. The van der Waals surface area contributed by atoms with E-state index in [2.05, 4.69) is 20.4 Å². The summed E-state index contributed by atoms with van der Waals surface area (Å²) < 4.78 is 18.6. The smallest absolute Gasteiger partial charge is 0.247 e. The third kappa shape index (κ3) is 4.40. The van der Waals surface area contributed by atoms with Gasteiger partial charge in [0.05, 0.1) is 6.54 Å². The fourth-order valence-electron chi connectivity index (χ4n) is 1.78. The van der Waals surface area contributed by atoms with Crippen LogP contribution in [0.3, 0.4) is 0 Å². The molecule has 0 atom stereocenters. The average Bonchev–Trinajstić information content (AvgIpc) is 2.87. The molecule has 1 heterocycles. The summed E-state index contributed by atoms with van der Waals surface area (Å²) in [4.78, 5) is 2.14. The van der Waals surface area contributed by atoms with Crippen molar-refractivity contribution in [2.45, 2.75) is 13.0 Å². The van der Waals surface area contributed by atoms with E-state index < -0.39 is 0 Å². The van der Waals surface area contributed by atoms with Crippen molar-refractivity contribution in [3.05, 3.63) is 36.0 Å². The van der Waals surface area contributed by atoms with Gasteiger partial charge in [-0.15, -0.1) is 10.2 Å². The van der Waals surface area contributed by atoms with Gasteiger partial charge in [-0.25, -0.2) is 4.39 Å². The minimum atomic E-state index is -0.316. The fraction of sp³-hybridized carbons (Fsp3) is 0.429. The molecule has 0 aliphatic carbocycles. The van der Waals surface area contributed by atoms with Gasteiger partial charge in [-0.2, -0.15) is 0 Å². The number of nitrogens with zero attached hydrogens (tertiary/aromatic N) is 3. The van der Waals surface area contributed by atoms with Crippen LogP contribution in [0.5, 0.6) is 0 Å². The Bertz CT molecular complexity index is 541. The fourth-order valence-corrected chi connectivity index (χ4v) is 1.78. The molecule has 0 bridgehead atoms. The topological polar surface area (TPSA) is 54.2 Å². The molecule has 5 nitrogen and oxygen atoms in total. The van der Waals surface area contributed by atoms with Crippen LogP contribution in [0.1, 0.15) is 12.3 Å². The van der Waals surface area contributed by atoms with Gasteiger partial charge in [0, 0.05) is 5.56 Å². The molecule has 0 amide bonds. The molecule has 0 saturated carbocycles. The molecule has 2 aromatic rings.